The topological polar surface area (TPSA) is 60.9 Å². The quantitative estimate of drug-likeness (QED) is 0.767. The van der Waals surface area contributed by atoms with Crippen LogP contribution in [0.2, 0.25) is 0 Å². The van der Waals surface area contributed by atoms with Crippen molar-refractivity contribution in [3.63, 3.8) is 0 Å². The molecule has 2 rings (SSSR count). The van der Waals surface area contributed by atoms with Crippen LogP contribution in [0.25, 0.3) is 0 Å². The maximum absolute atomic E-state index is 9.74. The third-order valence-electron chi connectivity index (χ3n) is 3.45. The van der Waals surface area contributed by atoms with Crippen LogP contribution in [0.3, 0.4) is 0 Å². The molecule has 0 radical (unpaired) electrons. The molecule has 1 aliphatic carbocycles. The van der Waals surface area contributed by atoms with E-state index in [1.54, 1.807) is 18.0 Å². The zero-order valence-electron chi connectivity index (χ0n) is 11.1. The van der Waals surface area contributed by atoms with Gasteiger partial charge in [0, 0.05) is 29.2 Å². The Hall–Kier alpha value is -0.520. The number of hydrogen-bond donors (Lipinski definition) is 3. The number of H-pyrrole nitrogens is 1. The number of imidazole rings is 1. The summed E-state index contributed by atoms with van der Waals surface area (Å²) in [6, 6.07) is 0.407. The highest BCUT2D eigenvalue weighted by atomic mass is 32.2. The van der Waals surface area contributed by atoms with Crippen LogP contribution >= 0.6 is 11.8 Å². The SMILES string of the molecule is CC(C)NC1(CO)CCCC(Sc2ncc[nH]2)C1. The average molecular weight is 269 g/mol. The van der Waals surface area contributed by atoms with Crippen LogP contribution in [0.1, 0.15) is 39.5 Å². The van der Waals surface area contributed by atoms with E-state index in [2.05, 4.69) is 29.1 Å². The van der Waals surface area contributed by atoms with Gasteiger partial charge in [-0.2, -0.15) is 0 Å². The number of hydrogen-bond acceptors (Lipinski definition) is 4. The fourth-order valence-corrected chi connectivity index (χ4v) is 4.07. The first-order chi connectivity index (χ1) is 8.63. The van der Waals surface area contributed by atoms with Crippen molar-refractivity contribution in [2.24, 2.45) is 0 Å². The lowest BCUT2D eigenvalue weighted by molar-refractivity contribution is 0.115. The molecule has 1 saturated carbocycles. The van der Waals surface area contributed by atoms with Crippen molar-refractivity contribution in [3.05, 3.63) is 12.4 Å². The molecule has 2 unspecified atom stereocenters. The van der Waals surface area contributed by atoms with Crippen molar-refractivity contribution in [3.8, 4) is 0 Å². The van der Waals surface area contributed by atoms with E-state index in [0.717, 1.165) is 18.0 Å². The molecular formula is C13H23N3OS. The summed E-state index contributed by atoms with van der Waals surface area (Å²) in [4.78, 5) is 7.41. The number of nitrogens with zero attached hydrogens (tertiary/aromatic N) is 1. The fraction of sp³-hybridized carbons (Fsp3) is 0.769. The van der Waals surface area contributed by atoms with Crippen molar-refractivity contribution in [1.29, 1.82) is 0 Å². The molecule has 0 spiro atoms. The summed E-state index contributed by atoms with van der Waals surface area (Å²) in [7, 11) is 0. The molecule has 1 aromatic heterocycles. The molecule has 102 valence electrons. The summed E-state index contributed by atoms with van der Waals surface area (Å²) in [5.41, 5.74) is -0.101. The lowest BCUT2D eigenvalue weighted by atomic mass is 9.81. The van der Waals surface area contributed by atoms with E-state index < -0.39 is 0 Å². The van der Waals surface area contributed by atoms with E-state index in [0.29, 0.717) is 11.3 Å². The van der Waals surface area contributed by atoms with Gasteiger partial charge in [-0.3, -0.25) is 0 Å². The lowest BCUT2D eigenvalue weighted by Gasteiger charge is -2.41. The molecule has 1 heterocycles. The molecule has 0 saturated heterocycles. The third kappa shape index (κ3) is 3.49. The number of aromatic amines is 1. The normalized spacial score (nSPS) is 28.8. The van der Waals surface area contributed by atoms with Crippen molar-refractivity contribution in [1.82, 2.24) is 15.3 Å². The highest BCUT2D eigenvalue weighted by Crippen LogP contribution is 2.37. The number of aliphatic hydroxyl groups is 1. The zero-order valence-corrected chi connectivity index (χ0v) is 12.0. The van der Waals surface area contributed by atoms with Gasteiger partial charge in [0.05, 0.1) is 6.61 Å². The van der Waals surface area contributed by atoms with Gasteiger partial charge in [0.1, 0.15) is 0 Å². The molecule has 0 bridgehead atoms. The Morgan fingerprint density at radius 2 is 2.50 bits per heavy atom. The second kappa shape index (κ2) is 6.08. The van der Waals surface area contributed by atoms with Crippen molar-refractivity contribution < 1.29 is 5.11 Å². The Kier molecular flexibility index (Phi) is 4.70. The van der Waals surface area contributed by atoms with Crippen LogP contribution < -0.4 is 5.32 Å². The maximum Gasteiger partial charge on any atom is 0.165 e. The number of nitrogens with one attached hydrogen (secondary N) is 2. The molecule has 1 aliphatic rings. The van der Waals surface area contributed by atoms with Gasteiger partial charge in [-0.05, 0) is 19.3 Å². The minimum Gasteiger partial charge on any atom is -0.394 e. The van der Waals surface area contributed by atoms with E-state index in [1.165, 1.54) is 12.8 Å². The van der Waals surface area contributed by atoms with Gasteiger partial charge in [-0.1, -0.05) is 32.0 Å². The number of rotatable bonds is 5. The second-order valence-corrected chi connectivity index (χ2v) is 6.76. The van der Waals surface area contributed by atoms with Crippen LogP contribution in [0.15, 0.2) is 17.6 Å². The van der Waals surface area contributed by atoms with Crippen molar-refractivity contribution in [2.45, 2.75) is 61.5 Å². The first-order valence-corrected chi connectivity index (χ1v) is 7.56. The predicted molar refractivity (Wildman–Crippen MR) is 74.8 cm³/mol. The Balaban J connectivity index is 1.98. The average Bonchev–Trinajstić information content (AvgIpc) is 2.81. The molecule has 5 heteroatoms. The highest BCUT2D eigenvalue weighted by molar-refractivity contribution is 7.99. The molecule has 3 N–H and O–H groups in total. The summed E-state index contributed by atoms with van der Waals surface area (Å²) >= 11 is 1.80. The van der Waals surface area contributed by atoms with Crippen LogP contribution in [-0.2, 0) is 0 Å². The summed E-state index contributed by atoms with van der Waals surface area (Å²) in [6.45, 7) is 4.50. The summed E-state index contributed by atoms with van der Waals surface area (Å²) in [5.74, 6) is 0. The fourth-order valence-electron chi connectivity index (χ4n) is 2.81. The van der Waals surface area contributed by atoms with Crippen molar-refractivity contribution in [2.75, 3.05) is 6.61 Å². The molecule has 0 aliphatic heterocycles. The molecule has 0 amide bonds. The van der Waals surface area contributed by atoms with E-state index in [-0.39, 0.29) is 12.1 Å². The first kappa shape index (κ1) is 13.9. The van der Waals surface area contributed by atoms with Crippen LogP contribution in [0.4, 0.5) is 0 Å². The minimum absolute atomic E-state index is 0.101. The summed E-state index contributed by atoms with van der Waals surface area (Å²) in [6.07, 6.45) is 8.09. The van der Waals surface area contributed by atoms with E-state index in [1.807, 2.05) is 6.20 Å². The first-order valence-electron chi connectivity index (χ1n) is 6.68. The zero-order chi connectivity index (χ0) is 13.0. The predicted octanol–water partition coefficient (Wildman–Crippen LogP) is 2.17. The van der Waals surface area contributed by atoms with Crippen LogP contribution in [0.5, 0.6) is 0 Å². The molecule has 2 atom stereocenters. The highest BCUT2D eigenvalue weighted by Gasteiger charge is 2.36. The van der Waals surface area contributed by atoms with Crippen molar-refractivity contribution >= 4 is 11.8 Å². The Bertz CT molecular complexity index is 355. The van der Waals surface area contributed by atoms with E-state index >= 15 is 0 Å². The number of aromatic nitrogens is 2. The molecular weight excluding hydrogens is 246 g/mol. The van der Waals surface area contributed by atoms with E-state index in [4.69, 9.17) is 0 Å². The van der Waals surface area contributed by atoms with Gasteiger partial charge < -0.3 is 15.4 Å². The molecule has 18 heavy (non-hydrogen) atoms. The molecule has 1 fully saturated rings. The monoisotopic (exact) mass is 269 g/mol. The molecule has 0 aromatic carbocycles. The van der Waals surface area contributed by atoms with Gasteiger partial charge in [-0.15, -0.1) is 0 Å². The third-order valence-corrected chi connectivity index (χ3v) is 4.63. The van der Waals surface area contributed by atoms with Gasteiger partial charge in [0.2, 0.25) is 0 Å². The lowest BCUT2D eigenvalue weighted by Crippen LogP contribution is -2.54. The van der Waals surface area contributed by atoms with Gasteiger partial charge in [-0.25, -0.2) is 4.98 Å². The Morgan fingerprint density at radius 3 is 3.11 bits per heavy atom. The Morgan fingerprint density at radius 1 is 1.67 bits per heavy atom. The van der Waals surface area contributed by atoms with Crippen LogP contribution in [0, 0.1) is 0 Å². The minimum atomic E-state index is -0.101. The summed E-state index contributed by atoms with van der Waals surface area (Å²) in [5, 5.41) is 14.8. The van der Waals surface area contributed by atoms with Gasteiger partial charge >= 0.3 is 0 Å². The number of aliphatic hydroxyl groups excluding tert-OH is 1. The number of thioether (sulfide) groups is 1. The Labute approximate surface area is 113 Å². The summed E-state index contributed by atoms with van der Waals surface area (Å²) < 4.78 is 0. The van der Waals surface area contributed by atoms with Crippen LogP contribution in [-0.4, -0.2) is 38.5 Å². The van der Waals surface area contributed by atoms with Gasteiger partial charge in [0.15, 0.2) is 5.16 Å². The molecule has 4 nitrogen and oxygen atoms in total. The van der Waals surface area contributed by atoms with Gasteiger partial charge in [0.25, 0.3) is 0 Å². The largest absolute Gasteiger partial charge is 0.394 e. The maximum atomic E-state index is 9.74. The van der Waals surface area contributed by atoms with E-state index in [9.17, 15) is 5.11 Å². The molecule has 1 aromatic rings. The smallest absolute Gasteiger partial charge is 0.165 e. The standard InChI is InChI=1S/C13H23N3OS/c1-10(2)16-13(9-17)5-3-4-11(8-13)18-12-14-6-7-15-12/h6-7,10-11,16-17H,3-5,8-9H2,1-2H3,(H,14,15). The second-order valence-electron chi connectivity index (χ2n) is 5.47.